The number of aryl methyl sites for hydroxylation is 1. The van der Waals surface area contributed by atoms with Gasteiger partial charge in [-0.05, 0) is 95.2 Å². The van der Waals surface area contributed by atoms with Crippen LogP contribution in [0.15, 0.2) is 77.7 Å². The number of hydrogen-bond acceptors (Lipinski definition) is 7. The summed E-state index contributed by atoms with van der Waals surface area (Å²) in [6.45, 7) is 7.52. The normalized spacial score (nSPS) is 17.3. The number of ether oxygens (including phenoxy) is 1. The van der Waals surface area contributed by atoms with Gasteiger partial charge in [-0.2, -0.15) is 8.42 Å². The third kappa shape index (κ3) is 8.49. The smallest absolute Gasteiger partial charge is 0.410 e. The molecular weight excluding hydrogens is 581 g/mol. The molecule has 10 heteroatoms. The van der Waals surface area contributed by atoms with E-state index in [1.165, 1.54) is 10.6 Å². The van der Waals surface area contributed by atoms with Gasteiger partial charge in [0.15, 0.2) is 0 Å². The van der Waals surface area contributed by atoms with E-state index in [-0.39, 0.29) is 17.5 Å². The van der Waals surface area contributed by atoms with E-state index in [0.717, 1.165) is 16.9 Å². The summed E-state index contributed by atoms with van der Waals surface area (Å²) < 4.78 is 37.9. The molecule has 0 spiro atoms. The minimum atomic E-state index is -4.01. The highest BCUT2D eigenvalue weighted by Crippen LogP contribution is 2.40. The Morgan fingerprint density at radius 3 is 1.79 bits per heavy atom. The number of anilines is 2. The molecule has 3 aromatic carbocycles. The van der Waals surface area contributed by atoms with E-state index in [0.29, 0.717) is 12.6 Å². The maximum Gasteiger partial charge on any atom is 0.410 e. The van der Waals surface area contributed by atoms with Crippen LogP contribution in [0, 0.1) is 6.92 Å². The van der Waals surface area contributed by atoms with Gasteiger partial charge >= 0.3 is 6.09 Å². The van der Waals surface area contributed by atoms with Gasteiger partial charge in [-0.1, -0.05) is 42.0 Å². The van der Waals surface area contributed by atoms with Crippen molar-refractivity contribution in [2.24, 2.45) is 0 Å². The van der Waals surface area contributed by atoms with Gasteiger partial charge in [-0.3, -0.25) is 4.18 Å². The standard InChI is InChI=1S/C33H44N3O5PS/c1-24-9-19-31(20-10-24)43(38,39)41-28-21-27(36(22-28)32(37)40-33(2,3)4)23-42(29-15-11-25(12-16-29)34(5)6)30-17-13-26(14-18-30)35(7)8/h9-20,27-28H,21-23H2,1-8H3. The molecule has 43 heavy (non-hydrogen) atoms. The lowest BCUT2D eigenvalue weighted by Crippen LogP contribution is -2.42. The molecule has 1 amide bonds. The summed E-state index contributed by atoms with van der Waals surface area (Å²) in [5.74, 6) is 0. The highest BCUT2D eigenvalue weighted by Gasteiger charge is 2.41. The molecule has 0 N–H and O–H groups in total. The van der Waals surface area contributed by atoms with Crippen molar-refractivity contribution in [1.82, 2.24) is 4.90 Å². The molecule has 0 saturated carbocycles. The summed E-state index contributed by atoms with van der Waals surface area (Å²) in [4.78, 5) is 19.4. The number of hydrogen-bond donors (Lipinski definition) is 0. The number of rotatable bonds is 9. The lowest BCUT2D eigenvalue weighted by atomic mass is 10.2. The fourth-order valence-electron chi connectivity index (χ4n) is 5.03. The number of benzene rings is 3. The van der Waals surface area contributed by atoms with Crippen LogP contribution in [-0.4, -0.2) is 78.1 Å². The van der Waals surface area contributed by atoms with Crippen molar-refractivity contribution in [2.75, 3.05) is 50.7 Å². The van der Waals surface area contributed by atoms with E-state index in [1.54, 1.807) is 29.2 Å². The van der Waals surface area contributed by atoms with Gasteiger partial charge < -0.3 is 19.4 Å². The summed E-state index contributed by atoms with van der Waals surface area (Å²) in [6, 6.07) is 23.4. The Bertz CT molecular complexity index is 1430. The topological polar surface area (TPSA) is 79.4 Å². The largest absolute Gasteiger partial charge is 0.444 e. The quantitative estimate of drug-likeness (QED) is 0.235. The number of likely N-dealkylation sites (tertiary alicyclic amines) is 1. The summed E-state index contributed by atoms with van der Waals surface area (Å²) in [7, 11) is 3.14. The van der Waals surface area contributed by atoms with Crippen molar-refractivity contribution >= 4 is 46.1 Å². The lowest BCUT2D eigenvalue weighted by Gasteiger charge is -2.31. The van der Waals surface area contributed by atoms with E-state index in [9.17, 15) is 13.2 Å². The third-order valence-electron chi connectivity index (χ3n) is 7.33. The first-order valence-electron chi connectivity index (χ1n) is 14.4. The zero-order chi connectivity index (χ0) is 31.5. The Balaban J connectivity index is 1.67. The average molecular weight is 626 g/mol. The van der Waals surface area contributed by atoms with Gasteiger partial charge in [-0.15, -0.1) is 0 Å². The highest BCUT2D eigenvalue weighted by molar-refractivity contribution is 7.86. The van der Waals surface area contributed by atoms with Crippen molar-refractivity contribution in [3.8, 4) is 0 Å². The lowest BCUT2D eigenvalue weighted by molar-refractivity contribution is 0.0226. The summed E-state index contributed by atoms with van der Waals surface area (Å²) in [6.07, 6.45) is -0.124. The van der Waals surface area contributed by atoms with Gasteiger partial charge in [-0.25, -0.2) is 4.79 Å². The van der Waals surface area contributed by atoms with Crippen LogP contribution in [0.25, 0.3) is 0 Å². The van der Waals surface area contributed by atoms with Crippen LogP contribution in [-0.2, 0) is 19.0 Å². The maximum absolute atomic E-state index is 13.5. The molecule has 2 unspecified atom stereocenters. The molecule has 1 heterocycles. The Morgan fingerprint density at radius 1 is 0.860 bits per heavy atom. The van der Waals surface area contributed by atoms with E-state index in [2.05, 4.69) is 58.3 Å². The molecule has 1 aliphatic rings. The number of nitrogens with zero attached hydrogens (tertiary/aromatic N) is 3. The second-order valence-corrected chi connectivity index (χ2v) is 16.3. The third-order valence-corrected chi connectivity index (χ3v) is 11.3. The molecule has 1 aliphatic heterocycles. The molecule has 1 saturated heterocycles. The fraction of sp³-hybridized carbons (Fsp3) is 0.424. The molecule has 232 valence electrons. The minimum Gasteiger partial charge on any atom is -0.444 e. The molecule has 8 nitrogen and oxygen atoms in total. The Morgan fingerprint density at radius 2 is 1.35 bits per heavy atom. The van der Waals surface area contributed by atoms with Crippen LogP contribution < -0.4 is 20.4 Å². The van der Waals surface area contributed by atoms with Crippen molar-refractivity contribution < 1.29 is 22.1 Å². The van der Waals surface area contributed by atoms with Crippen LogP contribution in [0.1, 0.15) is 32.8 Å². The van der Waals surface area contributed by atoms with Gasteiger partial charge in [0.1, 0.15) is 5.60 Å². The van der Waals surface area contributed by atoms with Gasteiger partial charge in [0.25, 0.3) is 10.1 Å². The average Bonchev–Trinajstić information content (AvgIpc) is 3.33. The minimum absolute atomic E-state index is 0.106. The highest BCUT2D eigenvalue weighted by atomic mass is 32.2. The molecule has 0 aromatic heterocycles. The van der Waals surface area contributed by atoms with Crippen LogP contribution in [0.5, 0.6) is 0 Å². The maximum atomic E-state index is 13.5. The molecule has 0 bridgehead atoms. The molecule has 0 radical (unpaired) electrons. The first-order chi connectivity index (χ1) is 20.1. The first kappa shape index (κ1) is 32.8. The fourth-order valence-corrected chi connectivity index (χ4v) is 8.62. The van der Waals surface area contributed by atoms with Crippen molar-refractivity contribution in [1.29, 1.82) is 0 Å². The van der Waals surface area contributed by atoms with Crippen molar-refractivity contribution in [3.63, 3.8) is 0 Å². The summed E-state index contributed by atoms with van der Waals surface area (Å²) in [5, 5.41) is 2.36. The molecule has 2 atom stereocenters. The number of carbonyl (C=O) groups excluding carboxylic acids is 1. The number of amides is 1. The van der Waals surface area contributed by atoms with E-state index in [1.807, 2.05) is 55.9 Å². The predicted octanol–water partition coefficient (Wildman–Crippen LogP) is 5.34. The molecule has 3 aromatic rings. The SMILES string of the molecule is Cc1ccc(S(=O)(=O)OC2CC(CP(c3ccc(N(C)C)cc3)c3ccc(N(C)C)cc3)N(C(=O)OC(C)(C)C)C2)cc1. The van der Waals surface area contributed by atoms with E-state index in [4.69, 9.17) is 8.92 Å². The van der Waals surface area contributed by atoms with Crippen molar-refractivity contribution in [3.05, 3.63) is 78.4 Å². The Hall–Kier alpha value is -3.13. The number of carbonyl (C=O) groups is 1. The Kier molecular flexibility index (Phi) is 10.1. The summed E-state index contributed by atoms with van der Waals surface area (Å²) in [5.41, 5.74) is 2.48. The predicted molar refractivity (Wildman–Crippen MR) is 177 cm³/mol. The molecule has 1 fully saturated rings. The molecule has 4 rings (SSSR count). The van der Waals surface area contributed by atoms with E-state index < -0.39 is 35.8 Å². The van der Waals surface area contributed by atoms with Gasteiger partial charge in [0.05, 0.1) is 17.5 Å². The summed E-state index contributed by atoms with van der Waals surface area (Å²) >= 11 is 0. The zero-order valence-corrected chi connectivity index (χ0v) is 28.2. The van der Waals surface area contributed by atoms with Crippen LogP contribution in [0.4, 0.5) is 16.2 Å². The second kappa shape index (κ2) is 13.2. The van der Waals surface area contributed by atoms with Crippen LogP contribution in [0.2, 0.25) is 0 Å². The molecule has 0 aliphatic carbocycles. The van der Waals surface area contributed by atoms with E-state index >= 15 is 0 Å². The Labute approximate surface area is 258 Å². The van der Waals surface area contributed by atoms with Crippen LogP contribution >= 0.6 is 7.92 Å². The van der Waals surface area contributed by atoms with Crippen LogP contribution in [0.3, 0.4) is 0 Å². The molecular formula is C33H44N3O5PS. The van der Waals surface area contributed by atoms with Gasteiger partial charge in [0.2, 0.25) is 0 Å². The second-order valence-electron chi connectivity index (χ2n) is 12.4. The van der Waals surface area contributed by atoms with Crippen molar-refractivity contribution in [2.45, 2.75) is 56.8 Å². The zero-order valence-electron chi connectivity index (χ0n) is 26.4. The first-order valence-corrected chi connectivity index (χ1v) is 17.4. The monoisotopic (exact) mass is 625 g/mol. The van der Waals surface area contributed by atoms with Gasteiger partial charge in [0, 0.05) is 45.6 Å².